The van der Waals surface area contributed by atoms with Crippen molar-refractivity contribution in [3.05, 3.63) is 35.9 Å². The number of nitrogens with one attached hydrogen (secondary N) is 1. The van der Waals surface area contributed by atoms with E-state index in [1.165, 1.54) is 4.90 Å². The molecule has 4 heteroatoms. The summed E-state index contributed by atoms with van der Waals surface area (Å²) in [4.78, 5) is 12.5. The minimum Gasteiger partial charge on any atom is -0.465 e. The molecule has 1 saturated heterocycles. The van der Waals surface area contributed by atoms with E-state index in [-0.39, 0.29) is 6.04 Å². The molecule has 0 spiro atoms. The van der Waals surface area contributed by atoms with Crippen LogP contribution in [-0.2, 0) is 0 Å². The summed E-state index contributed by atoms with van der Waals surface area (Å²) in [5.41, 5.74) is 1.05. The van der Waals surface area contributed by atoms with Crippen molar-refractivity contribution in [2.24, 2.45) is 0 Å². The first-order valence-corrected chi connectivity index (χ1v) is 5.04. The summed E-state index contributed by atoms with van der Waals surface area (Å²) in [7, 11) is 0. The first-order valence-electron chi connectivity index (χ1n) is 5.04. The maximum atomic E-state index is 11.0. The third-order valence-corrected chi connectivity index (χ3v) is 2.67. The van der Waals surface area contributed by atoms with Gasteiger partial charge in [0.1, 0.15) is 0 Å². The fourth-order valence-corrected chi connectivity index (χ4v) is 1.91. The van der Waals surface area contributed by atoms with Crippen LogP contribution in [-0.4, -0.2) is 35.7 Å². The molecular weight excluding hydrogens is 192 g/mol. The minimum absolute atomic E-state index is 0.0579. The predicted octanol–water partition coefficient (Wildman–Crippen LogP) is 1.31. The number of hydrogen-bond donors (Lipinski definition) is 2. The molecule has 0 aromatic heterocycles. The maximum absolute atomic E-state index is 11.0. The van der Waals surface area contributed by atoms with Gasteiger partial charge in [-0.1, -0.05) is 30.3 Å². The van der Waals surface area contributed by atoms with Crippen molar-refractivity contribution in [3.8, 4) is 0 Å². The van der Waals surface area contributed by atoms with Crippen molar-refractivity contribution in [3.63, 3.8) is 0 Å². The monoisotopic (exact) mass is 206 g/mol. The Morgan fingerprint density at radius 3 is 2.80 bits per heavy atom. The number of benzene rings is 1. The van der Waals surface area contributed by atoms with Gasteiger partial charge < -0.3 is 10.4 Å². The van der Waals surface area contributed by atoms with Crippen LogP contribution >= 0.6 is 0 Å². The van der Waals surface area contributed by atoms with Crippen LogP contribution in [0.3, 0.4) is 0 Å². The average molecular weight is 206 g/mol. The van der Waals surface area contributed by atoms with Crippen LogP contribution in [0.1, 0.15) is 11.6 Å². The van der Waals surface area contributed by atoms with Crippen molar-refractivity contribution in [2.75, 3.05) is 19.6 Å². The molecule has 1 atom stereocenters. The maximum Gasteiger partial charge on any atom is 0.407 e. The van der Waals surface area contributed by atoms with E-state index in [1.54, 1.807) is 0 Å². The number of carbonyl (C=O) groups is 1. The van der Waals surface area contributed by atoms with E-state index < -0.39 is 6.09 Å². The SMILES string of the molecule is O=C(O)N1CCNC[C@H]1c1ccccc1. The highest BCUT2D eigenvalue weighted by Gasteiger charge is 2.26. The summed E-state index contributed by atoms with van der Waals surface area (Å²) in [5.74, 6) is 0. The number of carboxylic acid groups (broad SMARTS) is 1. The van der Waals surface area contributed by atoms with Gasteiger partial charge >= 0.3 is 6.09 Å². The average Bonchev–Trinajstić information content (AvgIpc) is 2.30. The van der Waals surface area contributed by atoms with Crippen molar-refractivity contribution in [1.29, 1.82) is 0 Å². The molecule has 0 radical (unpaired) electrons. The Hall–Kier alpha value is -1.55. The van der Waals surface area contributed by atoms with Crippen LogP contribution in [0, 0.1) is 0 Å². The minimum atomic E-state index is -0.842. The third-order valence-electron chi connectivity index (χ3n) is 2.67. The molecule has 4 nitrogen and oxygen atoms in total. The van der Waals surface area contributed by atoms with E-state index in [0.29, 0.717) is 13.1 Å². The third kappa shape index (κ3) is 2.10. The van der Waals surface area contributed by atoms with E-state index in [4.69, 9.17) is 5.11 Å². The van der Waals surface area contributed by atoms with E-state index in [9.17, 15) is 4.79 Å². The van der Waals surface area contributed by atoms with Gasteiger partial charge in [-0.05, 0) is 5.56 Å². The predicted molar refractivity (Wildman–Crippen MR) is 56.8 cm³/mol. The van der Waals surface area contributed by atoms with Gasteiger partial charge in [0, 0.05) is 19.6 Å². The normalized spacial score (nSPS) is 21.3. The second kappa shape index (κ2) is 4.31. The molecule has 1 aromatic carbocycles. The Morgan fingerprint density at radius 1 is 1.40 bits per heavy atom. The Kier molecular flexibility index (Phi) is 2.87. The van der Waals surface area contributed by atoms with Crippen LogP contribution in [0.4, 0.5) is 4.79 Å². The molecule has 1 aromatic rings. The molecule has 0 saturated carbocycles. The van der Waals surface area contributed by atoms with Crippen LogP contribution in [0.15, 0.2) is 30.3 Å². The second-order valence-electron chi connectivity index (χ2n) is 3.61. The Bertz CT molecular complexity index is 340. The molecule has 2 N–H and O–H groups in total. The van der Waals surface area contributed by atoms with Crippen molar-refractivity contribution < 1.29 is 9.90 Å². The standard InChI is InChI=1S/C11H14N2O2/c14-11(15)13-7-6-12-8-10(13)9-4-2-1-3-5-9/h1-5,10,12H,6-8H2,(H,14,15)/t10-/m0/s1. The van der Waals surface area contributed by atoms with Crippen LogP contribution < -0.4 is 5.32 Å². The summed E-state index contributed by atoms with van der Waals surface area (Å²) >= 11 is 0. The molecule has 1 aliphatic heterocycles. The number of amides is 1. The summed E-state index contributed by atoms with van der Waals surface area (Å²) < 4.78 is 0. The fourth-order valence-electron chi connectivity index (χ4n) is 1.91. The van der Waals surface area contributed by atoms with Gasteiger partial charge in [-0.2, -0.15) is 0 Å². The summed E-state index contributed by atoms with van der Waals surface area (Å²) in [6, 6.07) is 9.68. The number of rotatable bonds is 1. The molecule has 0 aliphatic carbocycles. The molecule has 1 aliphatic rings. The van der Waals surface area contributed by atoms with Gasteiger partial charge in [0.25, 0.3) is 0 Å². The van der Waals surface area contributed by atoms with Gasteiger partial charge in [0.2, 0.25) is 0 Å². The zero-order valence-corrected chi connectivity index (χ0v) is 8.39. The van der Waals surface area contributed by atoms with Crippen molar-refractivity contribution in [2.45, 2.75) is 6.04 Å². The molecule has 1 heterocycles. The first kappa shape index (κ1) is 9.98. The van der Waals surface area contributed by atoms with Gasteiger partial charge in [0.05, 0.1) is 6.04 Å². The number of nitrogens with zero attached hydrogens (tertiary/aromatic N) is 1. The first-order chi connectivity index (χ1) is 7.29. The van der Waals surface area contributed by atoms with Gasteiger partial charge in [-0.3, -0.25) is 4.90 Å². The van der Waals surface area contributed by atoms with E-state index in [0.717, 1.165) is 12.1 Å². The molecule has 80 valence electrons. The van der Waals surface area contributed by atoms with Gasteiger partial charge in [-0.15, -0.1) is 0 Å². The van der Waals surface area contributed by atoms with E-state index in [2.05, 4.69) is 5.32 Å². The Balaban J connectivity index is 2.22. The zero-order valence-electron chi connectivity index (χ0n) is 8.39. The topological polar surface area (TPSA) is 52.6 Å². The molecular formula is C11H14N2O2. The Labute approximate surface area is 88.5 Å². The molecule has 1 fully saturated rings. The lowest BCUT2D eigenvalue weighted by Gasteiger charge is -2.34. The smallest absolute Gasteiger partial charge is 0.407 e. The van der Waals surface area contributed by atoms with Gasteiger partial charge in [0.15, 0.2) is 0 Å². The molecule has 15 heavy (non-hydrogen) atoms. The zero-order chi connectivity index (χ0) is 10.7. The second-order valence-corrected chi connectivity index (χ2v) is 3.61. The fraction of sp³-hybridized carbons (Fsp3) is 0.364. The van der Waals surface area contributed by atoms with Crippen LogP contribution in [0.5, 0.6) is 0 Å². The van der Waals surface area contributed by atoms with Crippen molar-refractivity contribution >= 4 is 6.09 Å². The Morgan fingerprint density at radius 2 is 2.13 bits per heavy atom. The van der Waals surface area contributed by atoms with Crippen LogP contribution in [0.2, 0.25) is 0 Å². The largest absolute Gasteiger partial charge is 0.465 e. The summed E-state index contributed by atoms with van der Waals surface area (Å²) in [6.45, 7) is 1.97. The highest BCUT2D eigenvalue weighted by molar-refractivity contribution is 5.66. The van der Waals surface area contributed by atoms with Crippen LogP contribution in [0.25, 0.3) is 0 Å². The lowest BCUT2D eigenvalue weighted by molar-refractivity contribution is 0.112. The highest BCUT2D eigenvalue weighted by atomic mass is 16.4. The van der Waals surface area contributed by atoms with E-state index in [1.807, 2.05) is 30.3 Å². The van der Waals surface area contributed by atoms with Gasteiger partial charge in [-0.25, -0.2) is 4.79 Å². The quantitative estimate of drug-likeness (QED) is 0.728. The van der Waals surface area contributed by atoms with Crippen molar-refractivity contribution in [1.82, 2.24) is 10.2 Å². The van der Waals surface area contributed by atoms with E-state index >= 15 is 0 Å². The number of hydrogen-bond acceptors (Lipinski definition) is 2. The lowest BCUT2D eigenvalue weighted by Crippen LogP contribution is -2.48. The number of piperazine rings is 1. The summed E-state index contributed by atoms with van der Waals surface area (Å²) in [6.07, 6.45) is -0.842. The molecule has 2 rings (SSSR count). The molecule has 1 amide bonds. The molecule has 0 bridgehead atoms. The molecule has 0 unspecified atom stereocenters. The summed E-state index contributed by atoms with van der Waals surface area (Å²) in [5, 5.41) is 12.3. The highest BCUT2D eigenvalue weighted by Crippen LogP contribution is 2.21. The lowest BCUT2D eigenvalue weighted by atomic mass is 10.0.